The van der Waals surface area contributed by atoms with E-state index in [1.165, 1.54) is 13.8 Å². The molecule has 0 aliphatic carbocycles. The Morgan fingerprint density at radius 1 is 1.60 bits per heavy atom. The van der Waals surface area contributed by atoms with Gasteiger partial charge in [0.25, 0.3) is 0 Å². The Labute approximate surface area is 64.7 Å². The van der Waals surface area contributed by atoms with Gasteiger partial charge in [0.2, 0.25) is 0 Å². The summed E-state index contributed by atoms with van der Waals surface area (Å²) in [5, 5.41) is 17.5. The van der Waals surface area contributed by atoms with E-state index in [9.17, 15) is 0 Å². The number of allylic oxidation sites excluding steroid dienone is 1. The van der Waals surface area contributed by atoms with Gasteiger partial charge in [0.05, 0.1) is 0 Å². The van der Waals surface area contributed by atoms with Crippen molar-refractivity contribution < 1.29 is 10.2 Å². The smallest absolute Gasteiger partial charge is 0.167 e. The third-order valence-electron chi connectivity index (χ3n) is 0.610. The molecule has 0 spiro atoms. The number of halogens is 1. The van der Waals surface area contributed by atoms with Crippen LogP contribution in [0, 0.1) is 0 Å². The average molecular weight is 164 g/mol. The molecule has 58 valence electrons. The van der Waals surface area contributed by atoms with Gasteiger partial charge in [-0.15, -0.1) is 0 Å². The summed E-state index contributed by atoms with van der Waals surface area (Å²) in [6, 6.07) is 0. The zero-order valence-electron chi connectivity index (χ0n) is 5.93. The SMILES string of the molecule is C=C(O)C(Cl)=NC(C)(C)O. The van der Waals surface area contributed by atoms with Crippen LogP contribution in [0.2, 0.25) is 0 Å². The van der Waals surface area contributed by atoms with Crippen LogP contribution in [0.1, 0.15) is 13.8 Å². The van der Waals surface area contributed by atoms with Gasteiger partial charge in [-0.05, 0) is 13.8 Å². The zero-order valence-corrected chi connectivity index (χ0v) is 6.68. The van der Waals surface area contributed by atoms with Crippen LogP contribution in [0.25, 0.3) is 0 Å². The van der Waals surface area contributed by atoms with Crippen LogP contribution in [-0.4, -0.2) is 21.1 Å². The molecule has 4 heteroatoms. The van der Waals surface area contributed by atoms with Gasteiger partial charge in [-0.2, -0.15) is 0 Å². The maximum Gasteiger partial charge on any atom is 0.167 e. The van der Waals surface area contributed by atoms with Gasteiger partial charge in [-0.1, -0.05) is 18.2 Å². The molecular formula is C6H10ClNO2. The minimum Gasteiger partial charge on any atom is -0.505 e. The molecule has 0 aliphatic rings. The summed E-state index contributed by atoms with van der Waals surface area (Å²) in [6.45, 7) is 6.01. The van der Waals surface area contributed by atoms with E-state index in [1.54, 1.807) is 0 Å². The van der Waals surface area contributed by atoms with Gasteiger partial charge < -0.3 is 10.2 Å². The zero-order chi connectivity index (χ0) is 8.36. The standard InChI is InChI=1S/C6H10ClNO2/c1-4(9)5(7)8-6(2,3)10/h9-10H,1H2,2-3H3. The summed E-state index contributed by atoms with van der Waals surface area (Å²) < 4.78 is 0. The Morgan fingerprint density at radius 2 is 2.00 bits per heavy atom. The van der Waals surface area contributed by atoms with Crippen LogP contribution < -0.4 is 0 Å². The van der Waals surface area contributed by atoms with E-state index < -0.39 is 5.72 Å². The summed E-state index contributed by atoms with van der Waals surface area (Å²) in [5.41, 5.74) is -1.26. The highest BCUT2D eigenvalue weighted by molar-refractivity contribution is 6.69. The Morgan fingerprint density at radius 3 is 2.10 bits per heavy atom. The molecule has 10 heavy (non-hydrogen) atoms. The molecule has 0 radical (unpaired) electrons. The van der Waals surface area contributed by atoms with Crippen LogP contribution in [0.15, 0.2) is 17.3 Å². The molecule has 0 aromatic carbocycles. The largest absolute Gasteiger partial charge is 0.505 e. The monoisotopic (exact) mass is 163 g/mol. The van der Waals surface area contributed by atoms with Gasteiger partial charge in [0, 0.05) is 0 Å². The number of rotatable bonds is 2. The first-order chi connectivity index (χ1) is 4.33. The average Bonchev–Trinajstić information content (AvgIpc) is 1.60. The Hall–Kier alpha value is -0.540. The molecule has 0 amide bonds. The van der Waals surface area contributed by atoms with E-state index >= 15 is 0 Å². The van der Waals surface area contributed by atoms with Gasteiger partial charge in [-0.3, -0.25) is 0 Å². The third kappa shape index (κ3) is 4.35. The fourth-order valence-electron chi connectivity index (χ4n) is 0.305. The van der Waals surface area contributed by atoms with Crippen LogP contribution in [0.3, 0.4) is 0 Å². The first-order valence-electron chi connectivity index (χ1n) is 2.69. The molecule has 0 bridgehead atoms. The van der Waals surface area contributed by atoms with E-state index in [1.807, 2.05) is 0 Å². The van der Waals surface area contributed by atoms with Crippen molar-refractivity contribution >= 4 is 16.8 Å². The van der Waals surface area contributed by atoms with Crippen molar-refractivity contribution in [2.75, 3.05) is 0 Å². The molecule has 0 fully saturated rings. The fraction of sp³-hybridized carbons (Fsp3) is 0.500. The molecule has 0 saturated heterocycles. The molecule has 0 atom stereocenters. The molecule has 3 nitrogen and oxygen atoms in total. The predicted molar refractivity (Wildman–Crippen MR) is 41.4 cm³/mol. The highest BCUT2D eigenvalue weighted by Gasteiger charge is 2.11. The maximum absolute atomic E-state index is 9.01. The number of nitrogens with zero attached hydrogens (tertiary/aromatic N) is 1. The van der Waals surface area contributed by atoms with Crippen LogP contribution in [0.4, 0.5) is 0 Å². The molecule has 0 rings (SSSR count). The lowest BCUT2D eigenvalue weighted by Crippen LogP contribution is -2.16. The molecule has 2 N–H and O–H groups in total. The quantitative estimate of drug-likeness (QED) is 0.478. The number of hydrogen-bond acceptors (Lipinski definition) is 3. The summed E-state index contributed by atoms with van der Waals surface area (Å²) in [6.07, 6.45) is 0. The number of aliphatic hydroxyl groups is 2. The number of aliphatic imine (C=N–C) groups is 1. The van der Waals surface area contributed by atoms with Gasteiger partial charge in [0.15, 0.2) is 10.9 Å². The molecule has 0 aromatic rings. The molecule has 0 heterocycles. The van der Waals surface area contributed by atoms with Crippen LogP contribution in [0.5, 0.6) is 0 Å². The normalized spacial score (nSPS) is 13.4. The Bertz CT molecular complexity index is 169. The first-order valence-corrected chi connectivity index (χ1v) is 3.06. The summed E-state index contributed by atoms with van der Waals surface area (Å²) in [7, 11) is 0. The molecule has 0 aromatic heterocycles. The van der Waals surface area contributed by atoms with Gasteiger partial charge in [-0.25, -0.2) is 4.99 Å². The minimum absolute atomic E-state index is 0.174. The van der Waals surface area contributed by atoms with Crippen molar-refractivity contribution in [2.45, 2.75) is 19.6 Å². The Balaban J connectivity index is 4.32. The predicted octanol–water partition coefficient (Wildman–Crippen LogP) is 1.42. The number of hydrogen-bond donors (Lipinski definition) is 2. The van der Waals surface area contributed by atoms with Crippen molar-refractivity contribution in [2.24, 2.45) is 4.99 Å². The summed E-state index contributed by atoms with van der Waals surface area (Å²) in [5.74, 6) is -0.344. The number of aliphatic hydroxyl groups excluding tert-OH is 1. The van der Waals surface area contributed by atoms with Crippen molar-refractivity contribution in [3.8, 4) is 0 Å². The lowest BCUT2D eigenvalue weighted by atomic mass is 10.3. The van der Waals surface area contributed by atoms with Crippen LogP contribution >= 0.6 is 11.6 Å². The maximum atomic E-state index is 9.01. The van der Waals surface area contributed by atoms with E-state index in [0.717, 1.165) is 0 Å². The minimum atomic E-state index is -1.26. The second-order valence-electron chi connectivity index (χ2n) is 2.34. The van der Waals surface area contributed by atoms with Crippen molar-refractivity contribution in [3.05, 3.63) is 12.3 Å². The van der Waals surface area contributed by atoms with Crippen molar-refractivity contribution in [1.29, 1.82) is 0 Å². The van der Waals surface area contributed by atoms with Crippen molar-refractivity contribution in [3.63, 3.8) is 0 Å². The second kappa shape index (κ2) is 3.03. The van der Waals surface area contributed by atoms with E-state index in [2.05, 4.69) is 11.6 Å². The third-order valence-corrected chi connectivity index (χ3v) is 0.913. The second-order valence-corrected chi connectivity index (χ2v) is 2.70. The molecule has 0 aliphatic heterocycles. The van der Waals surface area contributed by atoms with E-state index in [-0.39, 0.29) is 10.9 Å². The molecular weight excluding hydrogens is 154 g/mol. The fourth-order valence-corrected chi connectivity index (χ4v) is 0.512. The van der Waals surface area contributed by atoms with Gasteiger partial charge >= 0.3 is 0 Å². The lowest BCUT2D eigenvalue weighted by molar-refractivity contribution is 0.0909. The Kier molecular flexibility index (Phi) is 2.87. The molecule has 0 unspecified atom stereocenters. The summed E-state index contributed by atoms with van der Waals surface area (Å²) >= 11 is 5.34. The molecule has 0 saturated carbocycles. The highest BCUT2D eigenvalue weighted by Crippen LogP contribution is 2.07. The topological polar surface area (TPSA) is 52.8 Å². The van der Waals surface area contributed by atoms with Crippen LogP contribution in [-0.2, 0) is 0 Å². The summed E-state index contributed by atoms with van der Waals surface area (Å²) in [4.78, 5) is 3.50. The lowest BCUT2D eigenvalue weighted by Gasteiger charge is -2.10. The van der Waals surface area contributed by atoms with E-state index in [4.69, 9.17) is 21.8 Å². The highest BCUT2D eigenvalue weighted by atomic mass is 35.5. The van der Waals surface area contributed by atoms with Crippen molar-refractivity contribution in [1.82, 2.24) is 0 Å². The van der Waals surface area contributed by atoms with E-state index in [0.29, 0.717) is 0 Å². The van der Waals surface area contributed by atoms with Gasteiger partial charge in [0.1, 0.15) is 5.76 Å². The first kappa shape index (κ1) is 9.46.